The van der Waals surface area contributed by atoms with E-state index in [2.05, 4.69) is 15.2 Å². The Bertz CT molecular complexity index is 1110. The maximum absolute atomic E-state index is 13.3. The molecule has 0 bridgehead atoms. The lowest BCUT2D eigenvalue weighted by Gasteiger charge is -2.28. The number of nitrogens with one attached hydrogen (secondary N) is 1. The molecule has 3 heterocycles. The predicted octanol–water partition coefficient (Wildman–Crippen LogP) is 2.56. The highest BCUT2D eigenvalue weighted by molar-refractivity contribution is 7.93. The first-order chi connectivity index (χ1) is 13.5. The van der Waals surface area contributed by atoms with Gasteiger partial charge >= 0.3 is 0 Å². The molecule has 3 aromatic rings. The summed E-state index contributed by atoms with van der Waals surface area (Å²) in [5, 5.41) is 4.18. The minimum Gasteiger partial charge on any atom is -0.497 e. The van der Waals surface area contributed by atoms with Crippen LogP contribution in [-0.2, 0) is 9.84 Å². The van der Waals surface area contributed by atoms with Crippen molar-refractivity contribution in [1.29, 1.82) is 0 Å². The second kappa shape index (κ2) is 7.57. The first kappa shape index (κ1) is 19.0. The molecule has 0 aliphatic carbocycles. The quantitative estimate of drug-likeness (QED) is 0.681. The van der Waals surface area contributed by atoms with E-state index in [4.69, 9.17) is 9.47 Å². The van der Waals surface area contributed by atoms with E-state index in [1.807, 2.05) is 6.07 Å². The normalized spacial score (nSPS) is 15.0. The Hall–Kier alpha value is -2.36. The zero-order valence-electron chi connectivity index (χ0n) is 15.6. The van der Waals surface area contributed by atoms with Crippen LogP contribution in [0, 0.1) is 0 Å². The van der Waals surface area contributed by atoms with Crippen LogP contribution in [0.5, 0.6) is 11.5 Å². The summed E-state index contributed by atoms with van der Waals surface area (Å²) in [7, 11) is -0.760. The summed E-state index contributed by atoms with van der Waals surface area (Å²) in [6.45, 7) is 3.46. The number of methoxy groups -OCH3 is 2. The van der Waals surface area contributed by atoms with E-state index in [9.17, 15) is 8.42 Å². The second-order valence-corrected chi connectivity index (χ2v) is 9.60. The largest absolute Gasteiger partial charge is 0.497 e. The summed E-state index contributed by atoms with van der Waals surface area (Å²) in [5.74, 6) is 1.63. The lowest BCUT2D eigenvalue weighted by atomic mass is 10.2. The first-order valence-corrected chi connectivity index (χ1v) is 11.2. The number of piperazine rings is 1. The Morgan fingerprint density at radius 3 is 2.61 bits per heavy atom. The molecule has 1 aliphatic rings. The number of nitrogens with zero attached hydrogens (tertiary/aromatic N) is 2. The Morgan fingerprint density at radius 2 is 1.89 bits per heavy atom. The third kappa shape index (κ3) is 3.30. The van der Waals surface area contributed by atoms with Crippen LogP contribution in [0.25, 0.3) is 10.1 Å². The number of aromatic nitrogens is 1. The Labute approximate surface area is 167 Å². The Morgan fingerprint density at radius 1 is 1.11 bits per heavy atom. The average molecular weight is 420 g/mol. The number of fused-ring (bicyclic) bond motifs is 1. The minimum atomic E-state index is -3.74. The summed E-state index contributed by atoms with van der Waals surface area (Å²) in [6.07, 6.45) is 1.74. The molecule has 28 heavy (non-hydrogen) atoms. The first-order valence-electron chi connectivity index (χ1n) is 8.86. The van der Waals surface area contributed by atoms with Crippen LogP contribution >= 0.6 is 11.3 Å². The van der Waals surface area contributed by atoms with Crippen LogP contribution in [0.3, 0.4) is 0 Å². The van der Waals surface area contributed by atoms with Crippen molar-refractivity contribution in [2.24, 2.45) is 0 Å². The number of anilines is 1. The van der Waals surface area contributed by atoms with Crippen molar-refractivity contribution < 1.29 is 17.9 Å². The molecule has 148 valence electrons. The van der Waals surface area contributed by atoms with Crippen LogP contribution < -0.4 is 19.7 Å². The van der Waals surface area contributed by atoms with Crippen LogP contribution in [-0.4, -0.2) is 53.8 Å². The van der Waals surface area contributed by atoms with Gasteiger partial charge in [-0.05, 0) is 24.3 Å². The van der Waals surface area contributed by atoms with Gasteiger partial charge in [-0.25, -0.2) is 13.4 Å². The van der Waals surface area contributed by atoms with Crippen molar-refractivity contribution in [3.05, 3.63) is 36.5 Å². The van der Waals surface area contributed by atoms with Gasteiger partial charge in [-0.3, -0.25) is 0 Å². The van der Waals surface area contributed by atoms with E-state index in [1.165, 1.54) is 31.6 Å². The monoisotopic (exact) mass is 419 g/mol. The molecular weight excluding hydrogens is 398 g/mol. The highest BCUT2D eigenvalue weighted by Gasteiger charge is 2.26. The van der Waals surface area contributed by atoms with Crippen LogP contribution in [0.4, 0.5) is 5.82 Å². The van der Waals surface area contributed by atoms with Gasteiger partial charge in [-0.15, -0.1) is 11.3 Å². The van der Waals surface area contributed by atoms with Crippen molar-refractivity contribution in [2.45, 2.75) is 9.10 Å². The molecule has 7 nitrogen and oxygen atoms in total. The highest BCUT2D eigenvalue weighted by Crippen LogP contribution is 2.39. The number of ether oxygens (including phenoxy) is 2. The van der Waals surface area contributed by atoms with Gasteiger partial charge < -0.3 is 19.7 Å². The van der Waals surface area contributed by atoms with Crippen LogP contribution in [0.1, 0.15) is 0 Å². The molecule has 0 radical (unpaired) electrons. The number of pyridine rings is 1. The van der Waals surface area contributed by atoms with E-state index in [-0.39, 0.29) is 14.9 Å². The number of hydrogen-bond acceptors (Lipinski definition) is 8. The minimum absolute atomic E-state index is 0.124. The molecule has 1 saturated heterocycles. The van der Waals surface area contributed by atoms with Crippen LogP contribution in [0.2, 0.25) is 0 Å². The van der Waals surface area contributed by atoms with E-state index < -0.39 is 9.84 Å². The lowest BCUT2D eigenvalue weighted by Crippen LogP contribution is -2.43. The van der Waals surface area contributed by atoms with Crippen LogP contribution in [0.15, 0.2) is 45.6 Å². The van der Waals surface area contributed by atoms with E-state index in [1.54, 1.807) is 24.4 Å². The molecule has 1 N–H and O–H groups in total. The number of thiophene rings is 1. The molecule has 0 saturated carbocycles. The molecule has 0 atom stereocenters. The second-order valence-electron chi connectivity index (χ2n) is 6.37. The van der Waals surface area contributed by atoms with Crippen molar-refractivity contribution in [3.8, 4) is 11.5 Å². The van der Waals surface area contributed by atoms with Crippen molar-refractivity contribution in [2.75, 3.05) is 45.3 Å². The molecule has 9 heteroatoms. The highest BCUT2D eigenvalue weighted by atomic mass is 32.2. The summed E-state index contributed by atoms with van der Waals surface area (Å²) < 4.78 is 38.3. The molecular formula is C19H21N3O4S2. The van der Waals surface area contributed by atoms with Gasteiger partial charge in [-0.1, -0.05) is 0 Å². The van der Waals surface area contributed by atoms with Gasteiger partial charge in [0, 0.05) is 48.5 Å². The van der Waals surface area contributed by atoms with E-state index in [0.29, 0.717) is 5.75 Å². The smallest absolute Gasteiger partial charge is 0.219 e. The summed E-state index contributed by atoms with van der Waals surface area (Å²) in [4.78, 5) is 6.84. The molecule has 2 aromatic heterocycles. The Balaban J connectivity index is 1.81. The van der Waals surface area contributed by atoms with Gasteiger partial charge in [0.05, 0.1) is 14.2 Å². The van der Waals surface area contributed by atoms with E-state index >= 15 is 0 Å². The number of benzene rings is 1. The predicted molar refractivity (Wildman–Crippen MR) is 110 cm³/mol. The van der Waals surface area contributed by atoms with Crippen molar-refractivity contribution >= 4 is 37.1 Å². The number of hydrogen-bond donors (Lipinski definition) is 1. The summed E-state index contributed by atoms with van der Waals surface area (Å²) >= 11 is 1.25. The maximum atomic E-state index is 13.3. The van der Waals surface area contributed by atoms with Gasteiger partial charge in [-0.2, -0.15) is 0 Å². The summed E-state index contributed by atoms with van der Waals surface area (Å²) in [5.41, 5.74) is 0. The molecule has 0 amide bonds. The molecule has 0 unspecified atom stereocenters. The maximum Gasteiger partial charge on any atom is 0.219 e. The molecule has 0 spiro atoms. The fraction of sp³-hybridized carbons (Fsp3) is 0.316. The topological polar surface area (TPSA) is 80.8 Å². The lowest BCUT2D eigenvalue weighted by molar-refractivity contribution is 0.386. The number of sulfone groups is 1. The summed E-state index contributed by atoms with van der Waals surface area (Å²) in [6, 6.07) is 8.30. The molecule has 1 aliphatic heterocycles. The van der Waals surface area contributed by atoms with E-state index in [0.717, 1.165) is 42.1 Å². The SMILES string of the molecule is COc1ccc(S(=O)(=O)c2cc3c(N4CCNCC4)nccc3s2)c(OC)c1. The fourth-order valence-corrected chi connectivity index (χ4v) is 6.20. The zero-order chi connectivity index (χ0) is 19.7. The van der Waals surface area contributed by atoms with Gasteiger partial charge in [0.15, 0.2) is 0 Å². The average Bonchev–Trinajstić information content (AvgIpc) is 3.19. The molecule has 1 aromatic carbocycles. The van der Waals surface area contributed by atoms with Gasteiger partial charge in [0.25, 0.3) is 0 Å². The zero-order valence-corrected chi connectivity index (χ0v) is 17.3. The standard InChI is InChI=1S/C19H21N3O4S2/c1-25-13-3-4-17(15(11-13)26-2)28(23,24)18-12-14-16(27-18)5-6-21-19(14)22-9-7-20-8-10-22/h3-6,11-12,20H,7-10H2,1-2H3. The van der Waals surface area contributed by atoms with Gasteiger partial charge in [0.2, 0.25) is 9.84 Å². The van der Waals surface area contributed by atoms with Gasteiger partial charge in [0.1, 0.15) is 26.4 Å². The Kier molecular flexibility index (Phi) is 5.13. The molecule has 4 rings (SSSR count). The fourth-order valence-electron chi connectivity index (χ4n) is 3.29. The van der Waals surface area contributed by atoms with Crippen molar-refractivity contribution in [3.63, 3.8) is 0 Å². The molecule has 1 fully saturated rings. The third-order valence-electron chi connectivity index (χ3n) is 4.74. The third-order valence-corrected chi connectivity index (χ3v) is 8.11. The van der Waals surface area contributed by atoms with Crippen molar-refractivity contribution in [1.82, 2.24) is 10.3 Å². The number of rotatable bonds is 5.